The minimum Gasteiger partial charge on any atom is -0.372 e. The molecule has 34 heavy (non-hydrogen) atoms. The van der Waals surface area contributed by atoms with Crippen LogP contribution in [0.2, 0.25) is 0 Å². The number of fused-ring (bicyclic) bond motifs is 2. The van der Waals surface area contributed by atoms with E-state index in [-0.39, 0.29) is 17.8 Å². The molecule has 0 unspecified atom stereocenters. The van der Waals surface area contributed by atoms with Gasteiger partial charge in [0.05, 0.1) is 5.56 Å². The van der Waals surface area contributed by atoms with Crippen molar-refractivity contribution in [3.8, 4) is 11.1 Å². The predicted molar refractivity (Wildman–Crippen MR) is 130 cm³/mol. The number of nitrogens with one attached hydrogen (secondary N) is 1. The number of rotatable bonds is 6. The first kappa shape index (κ1) is 22.1. The van der Waals surface area contributed by atoms with E-state index in [0.29, 0.717) is 5.65 Å². The average molecular weight is 461 g/mol. The maximum Gasteiger partial charge on any atom is 0.256 e. The summed E-state index contributed by atoms with van der Waals surface area (Å²) in [7, 11) is 1.48. The molecule has 3 aromatic heterocycles. The number of aryl methyl sites for hydroxylation is 1. The second-order valence-corrected chi connectivity index (χ2v) is 8.58. The summed E-state index contributed by atoms with van der Waals surface area (Å²) in [5.41, 5.74) is 4.35. The van der Waals surface area contributed by atoms with Gasteiger partial charge >= 0.3 is 0 Å². The number of hydrogen-bond acceptors (Lipinski definition) is 5. The third kappa shape index (κ3) is 3.92. The molecule has 1 N–H and O–H groups in total. The molecule has 1 atom stereocenters. The van der Waals surface area contributed by atoms with E-state index in [2.05, 4.69) is 45.1 Å². The zero-order valence-electron chi connectivity index (χ0n) is 19.6. The summed E-state index contributed by atoms with van der Waals surface area (Å²) < 4.78 is 8.78. The van der Waals surface area contributed by atoms with Gasteiger partial charge < -0.3 is 14.2 Å². The van der Waals surface area contributed by atoms with Gasteiger partial charge in [-0.25, -0.2) is 4.52 Å². The van der Waals surface area contributed by atoms with Crippen molar-refractivity contribution in [2.24, 2.45) is 0 Å². The van der Waals surface area contributed by atoms with Gasteiger partial charge in [-0.1, -0.05) is 6.07 Å². The van der Waals surface area contributed by atoms with E-state index in [1.54, 1.807) is 11.4 Å². The molecule has 1 saturated heterocycles. The number of methoxy groups -OCH3 is 1. The average Bonchev–Trinajstić information content (AvgIpc) is 3.60. The first-order valence-electron chi connectivity index (χ1n) is 11.6. The molecule has 0 saturated carbocycles. The van der Waals surface area contributed by atoms with Crippen LogP contribution >= 0.6 is 0 Å². The number of amides is 2. The van der Waals surface area contributed by atoms with Crippen molar-refractivity contribution in [3.63, 3.8) is 0 Å². The summed E-state index contributed by atoms with van der Waals surface area (Å²) in [6.07, 6.45) is 5.32. The summed E-state index contributed by atoms with van der Waals surface area (Å²) in [4.78, 5) is 31.7. The number of ether oxygens (including phenoxy) is 1. The molecular weight excluding hydrogens is 432 g/mol. The van der Waals surface area contributed by atoms with Gasteiger partial charge in [0.2, 0.25) is 5.95 Å². The fourth-order valence-corrected chi connectivity index (χ4v) is 4.43. The minimum atomic E-state index is -0.596. The Kier molecular flexibility index (Phi) is 5.79. The van der Waals surface area contributed by atoms with Gasteiger partial charge in [-0.15, -0.1) is 5.10 Å². The highest BCUT2D eigenvalue weighted by Crippen LogP contribution is 2.30. The quantitative estimate of drug-likeness (QED) is 0.475. The molecule has 0 aliphatic carbocycles. The number of likely N-dealkylation sites (tertiary alicyclic amines) is 1. The van der Waals surface area contributed by atoms with Crippen molar-refractivity contribution < 1.29 is 14.3 Å². The first-order valence-corrected chi connectivity index (χ1v) is 11.6. The van der Waals surface area contributed by atoms with Crippen molar-refractivity contribution in [2.45, 2.75) is 39.3 Å². The molecule has 0 spiro atoms. The summed E-state index contributed by atoms with van der Waals surface area (Å²) in [5.74, 6) is 0.0187. The van der Waals surface area contributed by atoms with Crippen LogP contribution in [0.1, 0.15) is 37.0 Å². The largest absolute Gasteiger partial charge is 0.372 e. The van der Waals surface area contributed by atoms with E-state index >= 15 is 0 Å². The lowest BCUT2D eigenvalue weighted by Crippen LogP contribution is -2.27. The molecule has 4 heterocycles. The van der Waals surface area contributed by atoms with Crippen LogP contribution in [-0.2, 0) is 16.1 Å². The molecule has 2 amide bonds. The fourth-order valence-electron chi connectivity index (χ4n) is 4.43. The Hall–Kier alpha value is -3.72. The Balaban J connectivity index is 1.50. The lowest BCUT2D eigenvalue weighted by Gasteiger charge is -2.14. The molecule has 5 rings (SSSR count). The number of carbonyl (C=O) groups excluding carboxylic acids is 2. The third-order valence-electron chi connectivity index (χ3n) is 6.47. The van der Waals surface area contributed by atoms with Gasteiger partial charge in [-0.05, 0) is 62.1 Å². The fraction of sp³-hybridized carbons (Fsp3) is 0.360. The number of anilines is 1. The van der Waals surface area contributed by atoms with Gasteiger partial charge in [0.25, 0.3) is 11.8 Å². The highest BCUT2D eigenvalue weighted by molar-refractivity contribution is 6.08. The Labute approximate surface area is 197 Å². The Morgan fingerprint density at radius 2 is 1.91 bits per heavy atom. The highest BCUT2D eigenvalue weighted by atomic mass is 16.5. The molecular formula is C25H28N6O3. The summed E-state index contributed by atoms with van der Waals surface area (Å²) in [6, 6.07) is 10.1. The lowest BCUT2D eigenvalue weighted by molar-refractivity contribution is -0.124. The number of carbonyl (C=O) groups is 2. The van der Waals surface area contributed by atoms with E-state index in [0.717, 1.165) is 60.1 Å². The number of aromatic nitrogens is 4. The lowest BCUT2D eigenvalue weighted by atomic mass is 10.0. The van der Waals surface area contributed by atoms with E-state index in [4.69, 9.17) is 4.74 Å². The molecule has 1 aliphatic heterocycles. The Morgan fingerprint density at radius 1 is 1.15 bits per heavy atom. The maximum absolute atomic E-state index is 13.2. The SMILES string of the molecule is CCn1cc(C(=O)N2CCCC2)c2cc(-c3ccn4nc(NC(=O)[C@H](C)OC)nc4c3)ccc21. The van der Waals surface area contributed by atoms with Gasteiger partial charge in [-0.3, -0.25) is 14.9 Å². The smallest absolute Gasteiger partial charge is 0.256 e. The Bertz CT molecular complexity index is 1380. The van der Waals surface area contributed by atoms with Crippen LogP contribution in [0, 0.1) is 0 Å². The van der Waals surface area contributed by atoms with Crippen molar-refractivity contribution in [2.75, 3.05) is 25.5 Å². The zero-order chi connectivity index (χ0) is 23.8. The van der Waals surface area contributed by atoms with Crippen LogP contribution in [0.25, 0.3) is 27.7 Å². The third-order valence-corrected chi connectivity index (χ3v) is 6.47. The van der Waals surface area contributed by atoms with Crippen molar-refractivity contribution in [1.82, 2.24) is 24.1 Å². The predicted octanol–water partition coefficient (Wildman–Crippen LogP) is 3.58. The first-order chi connectivity index (χ1) is 16.5. The van der Waals surface area contributed by atoms with Crippen LogP contribution in [0.4, 0.5) is 5.95 Å². The summed E-state index contributed by atoms with van der Waals surface area (Å²) >= 11 is 0. The number of hydrogen-bond donors (Lipinski definition) is 1. The number of nitrogens with zero attached hydrogens (tertiary/aromatic N) is 5. The van der Waals surface area contributed by atoms with Gasteiger partial charge in [0, 0.05) is 50.0 Å². The summed E-state index contributed by atoms with van der Waals surface area (Å²) in [5, 5.41) is 7.94. The molecule has 1 aromatic carbocycles. The second-order valence-electron chi connectivity index (χ2n) is 8.58. The van der Waals surface area contributed by atoms with E-state index in [1.807, 2.05) is 29.4 Å². The standard InChI is InChI=1S/C25H28N6O3/c1-4-29-15-20(24(33)30-10-5-6-11-30)19-13-17(7-8-21(19)29)18-9-12-31-22(14-18)26-25(28-31)27-23(32)16(2)34-3/h7-9,12-16H,4-6,10-11H2,1-3H3,(H,27,28,32)/t16-/m0/s1. The molecule has 9 nitrogen and oxygen atoms in total. The van der Waals surface area contributed by atoms with Crippen LogP contribution < -0.4 is 5.32 Å². The summed E-state index contributed by atoms with van der Waals surface area (Å²) in [6.45, 7) is 6.19. The highest BCUT2D eigenvalue weighted by Gasteiger charge is 2.23. The zero-order valence-corrected chi connectivity index (χ0v) is 19.6. The van der Waals surface area contributed by atoms with Crippen LogP contribution in [0.3, 0.4) is 0 Å². The molecule has 1 fully saturated rings. The van der Waals surface area contributed by atoms with Crippen LogP contribution in [0.5, 0.6) is 0 Å². The topological polar surface area (TPSA) is 93.8 Å². The molecule has 9 heteroatoms. The Morgan fingerprint density at radius 3 is 2.65 bits per heavy atom. The van der Waals surface area contributed by atoms with Gasteiger partial charge in [-0.2, -0.15) is 4.98 Å². The molecule has 4 aromatic rings. The van der Waals surface area contributed by atoms with E-state index < -0.39 is 6.10 Å². The molecule has 0 bridgehead atoms. The van der Waals surface area contributed by atoms with Crippen LogP contribution in [0.15, 0.2) is 42.7 Å². The second kappa shape index (κ2) is 8.90. The van der Waals surface area contributed by atoms with Gasteiger partial charge in [0.1, 0.15) is 6.10 Å². The van der Waals surface area contributed by atoms with Crippen molar-refractivity contribution in [1.29, 1.82) is 0 Å². The van der Waals surface area contributed by atoms with Crippen molar-refractivity contribution >= 4 is 34.3 Å². The number of benzene rings is 1. The molecule has 176 valence electrons. The molecule has 1 aliphatic rings. The molecule has 0 radical (unpaired) electrons. The van der Waals surface area contributed by atoms with E-state index in [1.165, 1.54) is 7.11 Å². The minimum absolute atomic E-state index is 0.102. The van der Waals surface area contributed by atoms with Crippen LogP contribution in [-0.4, -0.2) is 62.2 Å². The van der Waals surface area contributed by atoms with Crippen molar-refractivity contribution in [3.05, 3.63) is 48.3 Å². The monoisotopic (exact) mass is 460 g/mol. The number of pyridine rings is 1. The normalized spacial score (nSPS) is 14.7. The van der Waals surface area contributed by atoms with Gasteiger partial charge in [0.15, 0.2) is 5.65 Å². The van der Waals surface area contributed by atoms with E-state index in [9.17, 15) is 9.59 Å². The maximum atomic E-state index is 13.2.